The Morgan fingerprint density at radius 2 is 1.82 bits per heavy atom. The molecule has 2 aromatic heterocycles. The molecule has 22 heavy (non-hydrogen) atoms. The third-order valence-electron chi connectivity index (χ3n) is 3.93. The van der Waals surface area contributed by atoms with E-state index < -0.39 is 0 Å². The van der Waals surface area contributed by atoms with Crippen LogP contribution in [0.5, 0.6) is 0 Å². The van der Waals surface area contributed by atoms with Crippen molar-refractivity contribution >= 4 is 5.65 Å². The molecule has 112 valence electrons. The predicted molar refractivity (Wildman–Crippen MR) is 84.5 cm³/mol. The maximum absolute atomic E-state index is 5.38. The number of nitrogens with zero attached hydrogens (tertiary/aromatic N) is 4. The summed E-state index contributed by atoms with van der Waals surface area (Å²) in [5.41, 5.74) is 4.03. The minimum atomic E-state index is 0.809. The van der Waals surface area contributed by atoms with Gasteiger partial charge in [0.25, 0.3) is 0 Å². The zero-order chi connectivity index (χ0) is 14.8. The summed E-state index contributed by atoms with van der Waals surface area (Å²) in [6, 6.07) is 14.3. The van der Waals surface area contributed by atoms with E-state index in [4.69, 9.17) is 4.74 Å². The van der Waals surface area contributed by atoms with Gasteiger partial charge in [0.15, 0.2) is 5.65 Å². The van der Waals surface area contributed by atoms with Gasteiger partial charge in [-0.2, -0.15) is 5.10 Å². The number of fused-ring (bicyclic) bond motifs is 1. The van der Waals surface area contributed by atoms with Crippen LogP contribution in [0.2, 0.25) is 0 Å². The van der Waals surface area contributed by atoms with Gasteiger partial charge in [-0.3, -0.25) is 4.90 Å². The molecule has 5 nitrogen and oxygen atoms in total. The van der Waals surface area contributed by atoms with Crippen molar-refractivity contribution in [1.29, 1.82) is 0 Å². The molecule has 0 radical (unpaired) electrons. The average molecular weight is 294 g/mol. The summed E-state index contributed by atoms with van der Waals surface area (Å²) in [7, 11) is 0. The van der Waals surface area contributed by atoms with E-state index in [1.54, 1.807) is 0 Å². The normalized spacial score (nSPS) is 16.2. The minimum Gasteiger partial charge on any atom is -0.379 e. The van der Waals surface area contributed by atoms with E-state index in [0.29, 0.717) is 0 Å². The molecule has 0 atom stereocenters. The minimum absolute atomic E-state index is 0.809. The highest BCUT2D eigenvalue weighted by atomic mass is 16.5. The largest absolute Gasteiger partial charge is 0.379 e. The third-order valence-corrected chi connectivity index (χ3v) is 3.93. The first kappa shape index (κ1) is 13.4. The molecule has 0 aliphatic carbocycles. The Morgan fingerprint density at radius 3 is 2.64 bits per heavy atom. The van der Waals surface area contributed by atoms with E-state index in [9.17, 15) is 0 Å². The Hall–Kier alpha value is -2.24. The van der Waals surface area contributed by atoms with E-state index in [1.807, 2.05) is 41.0 Å². The van der Waals surface area contributed by atoms with E-state index in [2.05, 4.69) is 27.1 Å². The predicted octanol–water partition coefficient (Wildman–Crippen LogP) is 2.23. The second-order valence-electron chi connectivity index (χ2n) is 5.51. The van der Waals surface area contributed by atoms with Crippen molar-refractivity contribution in [3.8, 4) is 11.3 Å². The van der Waals surface area contributed by atoms with Crippen LogP contribution in [0.25, 0.3) is 16.9 Å². The van der Waals surface area contributed by atoms with Gasteiger partial charge in [0, 0.05) is 25.2 Å². The fraction of sp³-hybridized carbons (Fsp3) is 0.294. The molecule has 0 unspecified atom stereocenters. The number of ether oxygens (including phenoxy) is 1. The zero-order valence-corrected chi connectivity index (χ0v) is 12.4. The quantitative estimate of drug-likeness (QED) is 0.743. The Bertz CT molecular complexity index is 763. The standard InChI is InChI=1S/C17H18N4O/c1-2-4-14(5-3-1)16-6-7-17-18-15(13-21(17)19-16)12-20-8-10-22-11-9-20/h1-7,13H,8-12H2. The lowest BCUT2D eigenvalue weighted by atomic mass is 10.1. The molecule has 3 heterocycles. The van der Waals surface area contributed by atoms with Crippen LogP contribution in [-0.2, 0) is 11.3 Å². The van der Waals surface area contributed by atoms with Gasteiger partial charge in [0.2, 0.25) is 0 Å². The summed E-state index contributed by atoms with van der Waals surface area (Å²) in [4.78, 5) is 7.02. The van der Waals surface area contributed by atoms with Gasteiger partial charge >= 0.3 is 0 Å². The van der Waals surface area contributed by atoms with Gasteiger partial charge in [-0.15, -0.1) is 0 Å². The first-order valence-electron chi connectivity index (χ1n) is 7.59. The molecule has 1 aliphatic rings. The highest BCUT2D eigenvalue weighted by molar-refractivity contribution is 5.60. The number of hydrogen-bond donors (Lipinski definition) is 0. The highest BCUT2D eigenvalue weighted by Crippen LogP contribution is 2.17. The van der Waals surface area contributed by atoms with Gasteiger partial charge < -0.3 is 4.74 Å². The first-order chi connectivity index (χ1) is 10.9. The second kappa shape index (κ2) is 5.87. The summed E-state index contributed by atoms with van der Waals surface area (Å²) in [6.45, 7) is 4.41. The molecule has 0 amide bonds. The van der Waals surface area contributed by atoms with Gasteiger partial charge in [0.05, 0.1) is 30.8 Å². The van der Waals surface area contributed by atoms with E-state index in [1.165, 1.54) is 0 Å². The molecule has 5 heteroatoms. The Morgan fingerprint density at radius 1 is 1.00 bits per heavy atom. The fourth-order valence-electron chi connectivity index (χ4n) is 2.76. The number of imidazole rings is 1. The highest BCUT2D eigenvalue weighted by Gasteiger charge is 2.13. The Kier molecular flexibility index (Phi) is 3.58. The van der Waals surface area contributed by atoms with Crippen molar-refractivity contribution in [2.45, 2.75) is 6.54 Å². The zero-order valence-electron chi connectivity index (χ0n) is 12.4. The van der Waals surface area contributed by atoms with Crippen molar-refractivity contribution in [2.75, 3.05) is 26.3 Å². The molecule has 4 rings (SSSR count). The molecule has 0 saturated carbocycles. The smallest absolute Gasteiger partial charge is 0.153 e. The van der Waals surface area contributed by atoms with Crippen molar-refractivity contribution in [3.63, 3.8) is 0 Å². The van der Waals surface area contributed by atoms with Crippen LogP contribution in [0.15, 0.2) is 48.7 Å². The number of morpholine rings is 1. The lowest BCUT2D eigenvalue weighted by Gasteiger charge is -2.25. The van der Waals surface area contributed by atoms with E-state index >= 15 is 0 Å². The van der Waals surface area contributed by atoms with Crippen LogP contribution >= 0.6 is 0 Å². The van der Waals surface area contributed by atoms with Crippen LogP contribution in [0.3, 0.4) is 0 Å². The van der Waals surface area contributed by atoms with Crippen LogP contribution in [0.1, 0.15) is 5.69 Å². The molecule has 1 saturated heterocycles. The SMILES string of the molecule is c1ccc(-c2ccc3nc(CN4CCOCC4)cn3n2)cc1. The summed E-state index contributed by atoms with van der Waals surface area (Å²) in [5.74, 6) is 0. The number of benzene rings is 1. The summed E-state index contributed by atoms with van der Waals surface area (Å²) in [5, 5.41) is 4.67. The topological polar surface area (TPSA) is 42.7 Å². The maximum atomic E-state index is 5.38. The maximum Gasteiger partial charge on any atom is 0.153 e. The second-order valence-corrected chi connectivity index (χ2v) is 5.51. The third kappa shape index (κ3) is 2.73. The van der Waals surface area contributed by atoms with Crippen molar-refractivity contribution in [1.82, 2.24) is 19.5 Å². The number of hydrogen-bond acceptors (Lipinski definition) is 4. The van der Waals surface area contributed by atoms with E-state index in [0.717, 1.165) is 55.4 Å². The average Bonchev–Trinajstić information content (AvgIpc) is 2.98. The Labute approximate surface area is 129 Å². The lowest BCUT2D eigenvalue weighted by molar-refractivity contribution is 0.0337. The molecule has 0 spiro atoms. The molecular formula is C17H18N4O. The Balaban J connectivity index is 1.60. The summed E-state index contributed by atoms with van der Waals surface area (Å²) in [6.07, 6.45) is 2.03. The molecule has 1 aliphatic heterocycles. The van der Waals surface area contributed by atoms with Crippen LogP contribution in [-0.4, -0.2) is 45.8 Å². The van der Waals surface area contributed by atoms with Crippen LogP contribution in [0.4, 0.5) is 0 Å². The van der Waals surface area contributed by atoms with Gasteiger partial charge in [-0.05, 0) is 12.1 Å². The molecule has 0 N–H and O–H groups in total. The van der Waals surface area contributed by atoms with Gasteiger partial charge in [-0.1, -0.05) is 30.3 Å². The van der Waals surface area contributed by atoms with Gasteiger partial charge in [-0.25, -0.2) is 9.50 Å². The van der Waals surface area contributed by atoms with Gasteiger partial charge in [0.1, 0.15) is 0 Å². The first-order valence-corrected chi connectivity index (χ1v) is 7.59. The van der Waals surface area contributed by atoms with Crippen LogP contribution in [0, 0.1) is 0 Å². The van der Waals surface area contributed by atoms with E-state index in [-0.39, 0.29) is 0 Å². The summed E-state index contributed by atoms with van der Waals surface area (Å²) < 4.78 is 7.25. The van der Waals surface area contributed by atoms with Crippen molar-refractivity contribution < 1.29 is 4.74 Å². The van der Waals surface area contributed by atoms with Crippen molar-refractivity contribution in [3.05, 3.63) is 54.4 Å². The molecule has 0 bridgehead atoms. The number of aromatic nitrogens is 3. The molecular weight excluding hydrogens is 276 g/mol. The van der Waals surface area contributed by atoms with Crippen molar-refractivity contribution in [2.24, 2.45) is 0 Å². The summed E-state index contributed by atoms with van der Waals surface area (Å²) >= 11 is 0. The lowest BCUT2D eigenvalue weighted by Crippen LogP contribution is -2.35. The fourth-order valence-corrected chi connectivity index (χ4v) is 2.76. The molecule has 1 aromatic carbocycles. The van der Waals surface area contributed by atoms with Crippen LogP contribution < -0.4 is 0 Å². The molecule has 1 fully saturated rings. The number of rotatable bonds is 3. The molecule has 3 aromatic rings. The monoisotopic (exact) mass is 294 g/mol.